The lowest BCUT2D eigenvalue weighted by molar-refractivity contribution is 0.0698. The van der Waals surface area contributed by atoms with Gasteiger partial charge in [-0.15, -0.1) is 0 Å². The van der Waals surface area contributed by atoms with Crippen molar-refractivity contribution in [2.45, 2.75) is 26.4 Å². The topological polar surface area (TPSA) is 58.6 Å². The summed E-state index contributed by atoms with van der Waals surface area (Å²) in [5.74, 6) is -0.440. The second-order valence-electron chi connectivity index (χ2n) is 4.86. The number of aryl methyl sites for hydroxylation is 1. The highest BCUT2D eigenvalue weighted by Gasteiger charge is 2.24. The minimum Gasteiger partial charge on any atom is -0.478 e. The molecule has 0 bridgehead atoms. The third-order valence-corrected chi connectivity index (χ3v) is 3.49. The molecule has 2 rings (SSSR count). The van der Waals surface area contributed by atoms with Crippen LogP contribution in [0.2, 0.25) is 0 Å². The van der Waals surface area contributed by atoms with Gasteiger partial charge in [0.25, 0.3) is 0 Å². The van der Waals surface area contributed by atoms with Gasteiger partial charge in [-0.2, -0.15) is 0 Å². The number of ether oxygens (including phenoxy) is 1. The Bertz CT molecular complexity index is 445. The first-order chi connectivity index (χ1) is 8.58. The normalized spacial score (nSPS) is 23.0. The van der Waals surface area contributed by atoms with Crippen molar-refractivity contribution in [2.24, 2.45) is 5.92 Å². The zero-order chi connectivity index (χ0) is 13.1. The summed E-state index contributed by atoms with van der Waals surface area (Å²) in [5.41, 5.74) is 1.98. The van der Waals surface area contributed by atoms with Crippen molar-refractivity contribution in [1.82, 2.24) is 0 Å². The summed E-state index contributed by atoms with van der Waals surface area (Å²) in [6, 6.07) is 5.45. The molecule has 0 amide bonds. The smallest absolute Gasteiger partial charge is 0.337 e. The molecule has 1 aromatic carbocycles. The summed E-state index contributed by atoms with van der Waals surface area (Å²) < 4.78 is 5.49. The zero-order valence-corrected chi connectivity index (χ0v) is 10.8. The van der Waals surface area contributed by atoms with Crippen LogP contribution in [-0.4, -0.2) is 30.3 Å². The van der Waals surface area contributed by atoms with Crippen LogP contribution in [0.15, 0.2) is 18.2 Å². The maximum absolute atomic E-state index is 11.2. The van der Waals surface area contributed by atoms with Crippen LogP contribution in [0.1, 0.15) is 29.3 Å². The molecule has 18 heavy (non-hydrogen) atoms. The number of carbonyl (C=O) groups is 1. The Morgan fingerprint density at radius 1 is 1.56 bits per heavy atom. The lowest BCUT2D eigenvalue weighted by Crippen LogP contribution is -2.21. The van der Waals surface area contributed by atoms with Crippen molar-refractivity contribution in [3.63, 3.8) is 0 Å². The van der Waals surface area contributed by atoms with Gasteiger partial charge in [0.1, 0.15) is 0 Å². The van der Waals surface area contributed by atoms with Gasteiger partial charge in [-0.25, -0.2) is 4.79 Å². The van der Waals surface area contributed by atoms with E-state index in [0.29, 0.717) is 17.2 Å². The molecule has 98 valence electrons. The van der Waals surface area contributed by atoms with Gasteiger partial charge in [-0.3, -0.25) is 0 Å². The van der Waals surface area contributed by atoms with Gasteiger partial charge in [-0.05, 0) is 32.4 Å². The van der Waals surface area contributed by atoms with Gasteiger partial charge in [0.15, 0.2) is 0 Å². The Balaban J connectivity index is 2.06. The summed E-state index contributed by atoms with van der Waals surface area (Å²) in [6.45, 7) is 5.51. The Hall–Kier alpha value is -1.55. The zero-order valence-electron chi connectivity index (χ0n) is 10.8. The van der Waals surface area contributed by atoms with E-state index in [-0.39, 0.29) is 6.10 Å². The number of rotatable bonds is 4. The van der Waals surface area contributed by atoms with Gasteiger partial charge in [0.05, 0.1) is 11.7 Å². The van der Waals surface area contributed by atoms with E-state index in [1.807, 2.05) is 19.1 Å². The fourth-order valence-electron chi connectivity index (χ4n) is 2.27. The second kappa shape index (κ2) is 5.40. The number of hydrogen-bond acceptors (Lipinski definition) is 3. The van der Waals surface area contributed by atoms with E-state index in [1.54, 1.807) is 6.07 Å². The molecule has 2 unspecified atom stereocenters. The molecule has 1 aliphatic heterocycles. The third-order valence-electron chi connectivity index (χ3n) is 3.49. The van der Waals surface area contributed by atoms with E-state index in [4.69, 9.17) is 9.84 Å². The molecule has 0 radical (unpaired) electrons. The van der Waals surface area contributed by atoms with Crippen LogP contribution in [0.4, 0.5) is 5.69 Å². The molecular weight excluding hydrogens is 230 g/mol. The molecule has 2 atom stereocenters. The molecule has 1 aromatic rings. The Morgan fingerprint density at radius 3 is 2.94 bits per heavy atom. The minimum absolute atomic E-state index is 0.247. The SMILES string of the molecule is Cc1ccc(NCC2CCOC2C)c(C(=O)O)c1. The first kappa shape index (κ1) is 12.9. The van der Waals surface area contributed by atoms with E-state index >= 15 is 0 Å². The highest BCUT2D eigenvalue weighted by Crippen LogP contribution is 2.23. The predicted octanol–water partition coefficient (Wildman–Crippen LogP) is 2.53. The molecule has 4 heteroatoms. The molecule has 4 nitrogen and oxygen atoms in total. The quantitative estimate of drug-likeness (QED) is 0.861. The average molecular weight is 249 g/mol. The summed E-state index contributed by atoms with van der Waals surface area (Å²) in [5, 5.41) is 12.4. The Morgan fingerprint density at radius 2 is 2.33 bits per heavy atom. The van der Waals surface area contributed by atoms with Crippen molar-refractivity contribution in [2.75, 3.05) is 18.5 Å². The van der Waals surface area contributed by atoms with Gasteiger partial charge in [0.2, 0.25) is 0 Å². The number of anilines is 1. The van der Waals surface area contributed by atoms with E-state index in [9.17, 15) is 4.79 Å². The second-order valence-corrected chi connectivity index (χ2v) is 4.86. The van der Waals surface area contributed by atoms with Crippen molar-refractivity contribution in [3.8, 4) is 0 Å². The molecule has 1 fully saturated rings. The van der Waals surface area contributed by atoms with Crippen molar-refractivity contribution in [3.05, 3.63) is 29.3 Å². The monoisotopic (exact) mass is 249 g/mol. The molecule has 0 saturated carbocycles. The van der Waals surface area contributed by atoms with Crippen LogP contribution in [0.25, 0.3) is 0 Å². The predicted molar refractivity (Wildman–Crippen MR) is 70.1 cm³/mol. The third kappa shape index (κ3) is 2.82. The van der Waals surface area contributed by atoms with Crippen LogP contribution in [0.3, 0.4) is 0 Å². The van der Waals surface area contributed by atoms with E-state index in [1.165, 1.54) is 0 Å². The van der Waals surface area contributed by atoms with Crippen LogP contribution < -0.4 is 5.32 Å². The summed E-state index contributed by atoms with van der Waals surface area (Å²) in [7, 11) is 0. The van der Waals surface area contributed by atoms with Crippen LogP contribution >= 0.6 is 0 Å². The molecule has 2 N–H and O–H groups in total. The maximum atomic E-state index is 11.2. The Labute approximate surface area is 107 Å². The molecule has 1 heterocycles. The number of carboxylic acid groups (broad SMARTS) is 1. The standard InChI is InChI=1S/C14H19NO3/c1-9-3-4-13(12(7-9)14(16)17)15-8-11-5-6-18-10(11)2/h3-4,7,10-11,15H,5-6,8H2,1-2H3,(H,16,17). The first-order valence-electron chi connectivity index (χ1n) is 6.27. The number of benzene rings is 1. The summed E-state index contributed by atoms with van der Waals surface area (Å²) >= 11 is 0. The van der Waals surface area contributed by atoms with E-state index in [0.717, 1.165) is 25.1 Å². The summed E-state index contributed by atoms with van der Waals surface area (Å²) in [4.78, 5) is 11.2. The maximum Gasteiger partial charge on any atom is 0.337 e. The van der Waals surface area contributed by atoms with Crippen LogP contribution in [0.5, 0.6) is 0 Å². The Kier molecular flexibility index (Phi) is 3.87. The molecule has 0 aromatic heterocycles. The first-order valence-corrected chi connectivity index (χ1v) is 6.27. The number of aromatic carboxylic acids is 1. The van der Waals surface area contributed by atoms with Crippen molar-refractivity contribution in [1.29, 1.82) is 0 Å². The van der Waals surface area contributed by atoms with Crippen LogP contribution in [0, 0.1) is 12.8 Å². The van der Waals surface area contributed by atoms with Gasteiger partial charge < -0.3 is 15.2 Å². The van der Waals surface area contributed by atoms with Crippen LogP contribution in [-0.2, 0) is 4.74 Å². The highest BCUT2D eigenvalue weighted by molar-refractivity contribution is 5.94. The fraction of sp³-hybridized carbons (Fsp3) is 0.500. The fourth-order valence-corrected chi connectivity index (χ4v) is 2.27. The van der Waals surface area contributed by atoms with Gasteiger partial charge in [-0.1, -0.05) is 11.6 Å². The number of hydrogen-bond donors (Lipinski definition) is 2. The molecule has 0 aliphatic carbocycles. The van der Waals surface area contributed by atoms with E-state index < -0.39 is 5.97 Å². The van der Waals surface area contributed by atoms with Gasteiger partial charge >= 0.3 is 5.97 Å². The van der Waals surface area contributed by atoms with Crippen molar-refractivity contribution < 1.29 is 14.6 Å². The minimum atomic E-state index is -0.892. The highest BCUT2D eigenvalue weighted by atomic mass is 16.5. The lowest BCUT2D eigenvalue weighted by atomic mass is 10.0. The van der Waals surface area contributed by atoms with E-state index in [2.05, 4.69) is 12.2 Å². The number of carboxylic acids is 1. The molecule has 1 aliphatic rings. The van der Waals surface area contributed by atoms with Crippen molar-refractivity contribution >= 4 is 11.7 Å². The lowest BCUT2D eigenvalue weighted by Gasteiger charge is -2.17. The van der Waals surface area contributed by atoms with Gasteiger partial charge in [0, 0.05) is 24.8 Å². The summed E-state index contributed by atoms with van der Waals surface area (Å²) in [6.07, 6.45) is 1.28. The molecular formula is C14H19NO3. The molecule has 0 spiro atoms. The molecule has 1 saturated heterocycles. The average Bonchev–Trinajstić information content (AvgIpc) is 2.73. The number of nitrogens with one attached hydrogen (secondary N) is 1. The largest absolute Gasteiger partial charge is 0.478 e.